The minimum atomic E-state index is -0.468. The minimum absolute atomic E-state index is 0.0169. The van der Waals surface area contributed by atoms with E-state index in [1.807, 2.05) is 6.92 Å². The highest BCUT2D eigenvalue weighted by atomic mass is 19.1. The van der Waals surface area contributed by atoms with Crippen LogP contribution < -0.4 is 11.1 Å². The molecule has 0 bridgehead atoms. The van der Waals surface area contributed by atoms with Gasteiger partial charge in [0.1, 0.15) is 11.3 Å². The molecule has 4 N–H and O–H groups in total. The number of fused-ring (bicyclic) bond motifs is 1. The number of carbonyl (C=O) groups is 1. The number of nitrogens with one attached hydrogen (secondary N) is 2. The van der Waals surface area contributed by atoms with Crippen LogP contribution in [0, 0.1) is 5.82 Å². The van der Waals surface area contributed by atoms with Crippen molar-refractivity contribution in [1.29, 1.82) is 0 Å². The smallest absolute Gasteiger partial charge is 0.253 e. The Kier molecular flexibility index (Phi) is 3.57. The third-order valence-corrected chi connectivity index (χ3v) is 2.62. The molecule has 0 saturated heterocycles. The van der Waals surface area contributed by atoms with Gasteiger partial charge in [-0.1, -0.05) is 0 Å². The number of carbonyl (C=O) groups excluding carboxylic acids is 1. The first-order chi connectivity index (χ1) is 8.58. The van der Waals surface area contributed by atoms with Crippen molar-refractivity contribution in [2.24, 2.45) is 5.73 Å². The molecule has 0 radical (unpaired) electrons. The van der Waals surface area contributed by atoms with Gasteiger partial charge in [0.05, 0.1) is 17.4 Å². The lowest BCUT2D eigenvalue weighted by molar-refractivity contribution is 0.0954. The van der Waals surface area contributed by atoms with Gasteiger partial charge in [-0.3, -0.25) is 4.79 Å². The topological polar surface area (TPSA) is 83.8 Å². The molecule has 1 atom stereocenters. The second kappa shape index (κ2) is 5.14. The van der Waals surface area contributed by atoms with Gasteiger partial charge in [-0.05, 0) is 25.5 Å². The summed E-state index contributed by atoms with van der Waals surface area (Å²) < 4.78 is 13.3. The van der Waals surface area contributed by atoms with E-state index in [0.29, 0.717) is 24.0 Å². The SMILES string of the molecule is CC(N)CCNC(=O)c1cc(F)cc2[nH]cnc12. The lowest BCUT2D eigenvalue weighted by atomic mass is 10.1. The van der Waals surface area contributed by atoms with E-state index in [-0.39, 0.29) is 17.5 Å². The number of aromatic nitrogens is 2. The predicted molar refractivity (Wildman–Crippen MR) is 66.7 cm³/mol. The molecule has 2 rings (SSSR count). The Balaban J connectivity index is 2.19. The Morgan fingerprint density at radius 3 is 3.11 bits per heavy atom. The normalized spacial score (nSPS) is 12.6. The van der Waals surface area contributed by atoms with Gasteiger partial charge >= 0.3 is 0 Å². The van der Waals surface area contributed by atoms with Gasteiger partial charge in [0, 0.05) is 12.6 Å². The van der Waals surface area contributed by atoms with Crippen molar-refractivity contribution in [3.05, 3.63) is 29.8 Å². The summed E-state index contributed by atoms with van der Waals surface area (Å²) in [6, 6.07) is 2.51. The molecule has 6 heteroatoms. The van der Waals surface area contributed by atoms with Gasteiger partial charge in [-0.2, -0.15) is 0 Å². The predicted octanol–water partition coefficient (Wildman–Crippen LogP) is 1.17. The molecule has 1 unspecified atom stereocenters. The summed E-state index contributed by atoms with van der Waals surface area (Å²) in [6.45, 7) is 2.32. The fourth-order valence-corrected chi connectivity index (χ4v) is 1.70. The lowest BCUT2D eigenvalue weighted by Gasteiger charge is -2.07. The molecule has 96 valence electrons. The standard InChI is InChI=1S/C12H15FN4O/c1-7(14)2-3-15-12(18)9-4-8(13)5-10-11(9)17-6-16-10/h4-7H,2-3,14H2,1H3,(H,15,18)(H,16,17). The van der Waals surface area contributed by atoms with Gasteiger partial charge in [0.25, 0.3) is 5.91 Å². The number of hydrogen-bond acceptors (Lipinski definition) is 3. The van der Waals surface area contributed by atoms with Crippen LogP contribution in [0.15, 0.2) is 18.5 Å². The number of aromatic amines is 1. The van der Waals surface area contributed by atoms with Crippen molar-refractivity contribution in [1.82, 2.24) is 15.3 Å². The number of imidazole rings is 1. The molecule has 1 aromatic carbocycles. The molecule has 0 saturated carbocycles. The van der Waals surface area contributed by atoms with Crippen LogP contribution in [0.25, 0.3) is 11.0 Å². The van der Waals surface area contributed by atoms with Crippen molar-refractivity contribution in [3.8, 4) is 0 Å². The van der Waals surface area contributed by atoms with Crippen LogP contribution >= 0.6 is 0 Å². The third-order valence-electron chi connectivity index (χ3n) is 2.62. The summed E-state index contributed by atoms with van der Waals surface area (Å²) in [5.74, 6) is -0.809. The maximum atomic E-state index is 13.3. The van der Waals surface area contributed by atoms with Gasteiger partial charge in [-0.15, -0.1) is 0 Å². The fourth-order valence-electron chi connectivity index (χ4n) is 1.70. The summed E-state index contributed by atoms with van der Waals surface area (Å²) in [5.41, 5.74) is 6.79. The quantitative estimate of drug-likeness (QED) is 0.761. The summed E-state index contributed by atoms with van der Waals surface area (Å²) in [6.07, 6.45) is 2.10. The first kappa shape index (κ1) is 12.5. The van der Waals surface area contributed by atoms with Crippen LogP contribution in [0.2, 0.25) is 0 Å². The number of nitrogens with zero attached hydrogens (tertiary/aromatic N) is 1. The number of nitrogens with two attached hydrogens (primary N) is 1. The van der Waals surface area contributed by atoms with Crippen LogP contribution in [0.3, 0.4) is 0 Å². The summed E-state index contributed by atoms with van der Waals surface area (Å²) >= 11 is 0. The van der Waals surface area contributed by atoms with Crippen molar-refractivity contribution < 1.29 is 9.18 Å². The van der Waals surface area contributed by atoms with Crippen LogP contribution in [0.5, 0.6) is 0 Å². The number of amides is 1. The average molecular weight is 250 g/mol. The van der Waals surface area contributed by atoms with E-state index in [1.165, 1.54) is 18.5 Å². The summed E-state index contributed by atoms with van der Waals surface area (Å²) in [7, 11) is 0. The Hall–Kier alpha value is -1.95. The number of rotatable bonds is 4. The summed E-state index contributed by atoms with van der Waals surface area (Å²) in [5, 5.41) is 2.70. The van der Waals surface area contributed by atoms with E-state index in [2.05, 4.69) is 15.3 Å². The van der Waals surface area contributed by atoms with E-state index in [1.54, 1.807) is 0 Å². The second-order valence-corrected chi connectivity index (χ2v) is 4.27. The van der Waals surface area contributed by atoms with Crippen LogP contribution in [0.1, 0.15) is 23.7 Å². The Morgan fingerprint density at radius 1 is 1.61 bits per heavy atom. The minimum Gasteiger partial charge on any atom is -0.352 e. The van der Waals surface area contributed by atoms with Crippen molar-refractivity contribution in [2.45, 2.75) is 19.4 Å². The van der Waals surface area contributed by atoms with Crippen molar-refractivity contribution >= 4 is 16.9 Å². The molecule has 18 heavy (non-hydrogen) atoms. The molecule has 0 aliphatic carbocycles. The molecule has 0 fully saturated rings. The van der Waals surface area contributed by atoms with Gasteiger partial charge in [0.15, 0.2) is 0 Å². The third kappa shape index (κ3) is 2.65. The van der Waals surface area contributed by atoms with Crippen molar-refractivity contribution in [3.63, 3.8) is 0 Å². The van der Waals surface area contributed by atoms with Crippen LogP contribution in [-0.4, -0.2) is 28.5 Å². The molecule has 0 aliphatic heterocycles. The second-order valence-electron chi connectivity index (χ2n) is 4.27. The fraction of sp³-hybridized carbons (Fsp3) is 0.333. The average Bonchev–Trinajstić information content (AvgIpc) is 2.74. The van der Waals surface area contributed by atoms with Gasteiger partial charge in [0.2, 0.25) is 0 Å². The van der Waals surface area contributed by atoms with Crippen LogP contribution in [0.4, 0.5) is 4.39 Å². The highest BCUT2D eigenvalue weighted by Crippen LogP contribution is 2.17. The molecule has 2 aromatic rings. The molecular weight excluding hydrogens is 235 g/mol. The zero-order chi connectivity index (χ0) is 13.1. The number of H-pyrrole nitrogens is 1. The Bertz CT molecular complexity index is 564. The Morgan fingerprint density at radius 2 is 2.39 bits per heavy atom. The number of halogens is 1. The van der Waals surface area contributed by atoms with Gasteiger partial charge in [-0.25, -0.2) is 9.37 Å². The Labute approximate surface area is 104 Å². The molecule has 5 nitrogen and oxygen atoms in total. The van der Waals surface area contributed by atoms with E-state index >= 15 is 0 Å². The highest BCUT2D eigenvalue weighted by Gasteiger charge is 2.13. The number of benzene rings is 1. The first-order valence-corrected chi connectivity index (χ1v) is 5.74. The van der Waals surface area contributed by atoms with Gasteiger partial charge < -0.3 is 16.0 Å². The molecule has 0 spiro atoms. The van der Waals surface area contributed by atoms with E-state index in [9.17, 15) is 9.18 Å². The van der Waals surface area contributed by atoms with Crippen LogP contribution in [-0.2, 0) is 0 Å². The highest BCUT2D eigenvalue weighted by molar-refractivity contribution is 6.04. The molecule has 1 aromatic heterocycles. The lowest BCUT2D eigenvalue weighted by Crippen LogP contribution is -2.29. The number of hydrogen-bond donors (Lipinski definition) is 3. The monoisotopic (exact) mass is 250 g/mol. The van der Waals surface area contributed by atoms with Crippen molar-refractivity contribution in [2.75, 3.05) is 6.54 Å². The van der Waals surface area contributed by atoms with E-state index < -0.39 is 5.82 Å². The maximum absolute atomic E-state index is 13.3. The first-order valence-electron chi connectivity index (χ1n) is 5.74. The maximum Gasteiger partial charge on any atom is 0.253 e. The largest absolute Gasteiger partial charge is 0.352 e. The molecule has 1 heterocycles. The molecule has 0 aliphatic rings. The zero-order valence-corrected chi connectivity index (χ0v) is 10.0. The molecule has 1 amide bonds. The molecular formula is C12H15FN4O. The van der Waals surface area contributed by atoms with E-state index in [0.717, 1.165) is 0 Å². The summed E-state index contributed by atoms with van der Waals surface area (Å²) in [4.78, 5) is 18.7. The zero-order valence-electron chi connectivity index (χ0n) is 10.0. The van der Waals surface area contributed by atoms with E-state index in [4.69, 9.17) is 5.73 Å².